The second-order valence-corrected chi connectivity index (χ2v) is 6.97. The minimum atomic E-state index is 0.521. The highest BCUT2D eigenvalue weighted by Gasteiger charge is 2.27. The molecule has 2 nitrogen and oxygen atoms in total. The van der Waals surface area contributed by atoms with E-state index in [2.05, 4.69) is 42.7 Å². The van der Waals surface area contributed by atoms with Crippen LogP contribution in [-0.4, -0.2) is 12.6 Å². The van der Waals surface area contributed by atoms with E-state index in [9.17, 15) is 0 Å². The highest BCUT2D eigenvalue weighted by molar-refractivity contribution is 5.61. The number of nitrogens with one attached hydrogen (secondary N) is 2. The van der Waals surface area contributed by atoms with Gasteiger partial charge in [0.1, 0.15) is 0 Å². The first kappa shape index (κ1) is 13.0. The molecule has 0 radical (unpaired) electrons. The van der Waals surface area contributed by atoms with Crippen molar-refractivity contribution in [1.82, 2.24) is 5.32 Å². The van der Waals surface area contributed by atoms with E-state index in [1.54, 1.807) is 0 Å². The van der Waals surface area contributed by atoms with E-state index in [-0.39, 0.29) is 0 Å². The molecule has 1 saturated carbocycles. The predicted molar refractivity (Wildman–Crippen MR) is 81.5 cm³/mol. The molecule has 2 heteroatoms. The zero-order valence-corrected chi connectivity index (χ0v) is 12.3. The van der Waals surface area contributed by atoms with Crippen LogP contribution < -0.4 is 10.6 Å². The summed E-state index contributed by atoms with van der Waals surface area (Å²) in [5.41, 5.74) is 4.85. The van der Waals surface area contributed by atoms with Gasteiger partial charge < -0.3 is 10.6 Å². The van der Waals surface area contributed by atoms with Gasteiger partial charge in [-0.15, -0.1) is 0 Å². The quantitative estimate of drug-likeness (QED) is 0.863. The summed E-state index contributed by atoms with van der Waals surface area (Å²) >= 11 is 0. The first-order valence-corrected chi connectivity index (χ1v) is 7.72. The monoisotopic (exact) mass is 258 g/mol. The van der Waals surface area contributed by atoms with E-state index < -0.39 is 0 Å². The third-order valence-electron chi connectivity index (χ3n) is 4.72. The predicted octanol–water partition coefficient (Wildman–Crippen LogP) is 3.71. The van der Waals surface area contributed by atoms with Crippen molar-refractivity contribution in [1.29, 1.82) is 0 Å². The van der Waals surface area contributed by atoms with Crippen LogP contribution in [0, 0.1) is 5.41 Å². The fraction of sp³-hybridized carbons (Fsp3) is 0.647. The molecule has 1 fully saturated rings. The van der Waals surface area contributed by atoms with Gasteiger partial charge in [-0.1, -0.05) is 38.5 Å². The molecular formula is C17H26N2. The van der Waals surface area contributed by atoms with E-state index in [1.165, 1.54) is 48.9 Å². The minimum absolute atomic E-state index is 0.521. The molecule has 3 rings (SSSR count). The maximum atomic E-state index is 3.78. The molecule has 0 bridgehead atoms. The third-order valence-corrected chi connectivity index (χ3v) is 4.72. The summed E-state index contributed by atoms with van der Waals surface area (Å²) in [6.45, 7) is 6.92. The lowest BCUT2D eigenvalue weighted by Gasteiger charge is -2.35. The first-order chi connectivity index (χ1) is 9.14. The third kappa shape index (κ3) is 2.94. The fourth-order valence-corrected chi connectivity index (χ4v) is 3.68. The van der Waals surface area contributed by atoms with Crippen molar-refractivity contribution in [2.45, 2.75) is 58.5 Å². The molecule has 2 aliphatic rings. The zero-order valence-electron chi connectivity index (χ0n) is 12.3. The number of fused-ring (bicyclic) bond motifs is 1. The average molecular weight is 258 g/mol. The van der Waals surface area contributed by atoms with Crippen molar-refractivity contribution >= 4 is 5.69 Å². The van der Waals surface area contributed by atoms with Crippen molar-refractivity contribution in [2.24, 2.45) is 5.41 Å². The molecule has 104 valence electrons. The van der Waals surface area contributed by atoms with Gasteiger partial charge in [0, 0.05) is 24.8 Å². The Morgan fingerprint density at radius 1 is 1.37 bits per heavy atom. The maximum Gasteiger partial charge on any atom is 0.0419 e. The summed E-state index contributed by atoms with van der Waals surface area (Å²) in [5.74, 6) is 0. The van der Waals surface area contributed by atoms with Gasteiger partial charge in [0.2, 0.25) is 0 Å². The van der Waals surface area contributed by atoms with Crippen LogP contribution in [0.15, 0.2) is 18.2 Å². The summed E-state index contributed by atoms with van der Waals surface area (Å²) in [5, 5.41) is 7.32. The largest absolute Gasteiger partial charge is 0.384 e. The molecule has 2 N–H and O–H groups in total. The lowest BCUT2D eigenvalue weighted by Crippen LogP contribution is -2.36. The van der Waals surface area contributed by atoms with Crippen molar-refractivity contribution < 1.29 is 0 Å². The van der Waals surface area contributed by atoms with Gasteiger partial charge in [-0.3, -0.25) is 0 Å². The van der Waals surface area contributed by atoms with Gasteiger partial charge in [0.15, 0.2) is 0 Å². The average Bonchev–Trinajstić information content (AvgIpc) is 2.84. The molecule has 1 aromatic carbocycles. The summed E-state index contributed by atoms with van der Waals surface area (Å²) in [4.78, 5) is 0. The molecule has 1 unspecified atom stereocenters. The summed E-state index contributed by atoms with van der Waals surface area (Å²) < 4.78 is 0. The van der Waals surface area contributed by atoms with Gasteiger partial charge in [-0.2, -0.15) is 0 Å². The molecule has 1 aliphatic carbocycles. The molecule has 1 aliphatic heterocycles. The van der Waals surface area contributed by atoms with E-state index >= 15 is 0 Å². The zero-order chi connectivity index (χ0) is 13.3. The molecule has 19 heavy (non-hydrogen) atoms. The summed E-state index contributed by atoms with van der Waals surface area (Å²) in [6.07, 6.45) is 6.59. The van der Waals surface area contributed by atoms with Crippen molar-refractivity contribution in [3.63, 3.8) is 0 Å². The van der Waals surface area contributed by atoms with E-state index in [0.29, 0.717) is 11.5 Å². The van der Waals surface area contributed by atoms with E-state index in [4.69, 9.17) is 0 Å². The number of hydrogen-bond acceptors (Lipinski definition) is 2. The van der Waals surface area contributed by atoms with Gasteiger partial charge in [0.25, 0.3) is 0 Å². The van der Waals surface area contributed by atoms with Gasteiger partial charge in [-0.05, 0) is 42.2 Å². The van der Waals surface area contributed by atoms with Crippen LogP contribution in [0.25, 0.3) is 0 Å². The normalized spacial score (nSPS) is 24.8. The Morgan fingerprint density at radius 2 is 2.26 bits per heavy atom. The van der Waals surface area contributed by atoms with E-state index in [1.807, 2.05) is 0 Å². The molecular weight excluding hydrogens is 232 g/mol. The van der Waals surface area contributed by atoms with Crippen molar-refractivity contribution in [3.8, 4) is 0 Å². The number of benzene rings is 1. The maximum absolute atomic E-state index is 3.78. The molecule has 1 aromatic rings. The van der Waals surface area contributed by atoms with Crippen LogP contribution in [0.4, 0.5) is 5.69 Å². The standard InChI is InChI=1S/C17H26N2/c1-17(2)9-4-7-15(11-17)19-12-14-6-3-5-13-8-10-18-16(13)14/h3,5-6,15,18-19H,4,7-12H2,1-2H3. The van der Waals surface area contributed by atoms with Crippen LogP contribution in [-0.2, 0) is 13.0 Å². The lowest BCUT2D eigenvalue weighted by atomic mass is 9.75. The fourth-order valence-electron chi connectivity index (χ4n) is 3.68. The Morgan fingerprint density at radius 3 is 3.11 bits per heavy atom. The molecule has 1 atom stereocenters. The van der Waals surface area contributed by atoms with Gasteiger partial charge >= 0.3 is 0 Å². The van der Waals surface area contributed by atoms with Gasteiger partial charge in [0.05, 0.1) is 0 Å². The molecule has 1 heterocycles. The number of hydrogen-bond donors (Lipinski definition) is 2. The summed E-state index contributed by atoms with van der Waals surface area (Å²) in [7, 11) is 0. The van der Waals surface area contributed by atoms with Gasteiger partial charge in [-0.25, -0.2) is 0 Å². The van der Waals surface area contributed by atoms with Crippen LogP contribution in [0.1, 0.15) is 50.7 Å². The highest BCUT2D eigenvalue weighted by atomic mass is 14.9. The molecule has 0 aromatic heterocycles. The Bertz CT molecular complexity index is 451. The highest BCUT2D eigenvalue weighted by Crippen LogP contribution is 2.35. The number of anilines is 1. The molecule has 0 amide bonds. The topological polar surface area (TPSA) is 24.1 Å². The first-order valence-electron chi connectivity index (χ1n) is 7.72. The Hall–Kier alpha value is -1.02. The van der Waals surface area contributed by atoms with Crippen LogP contribution in [0.2, 0.25) is 0 Å². The summed E-state index contributed by atoms with van der Waals surface area (Å²) in [6, 6.07) is 7.41. The van der Waals surface area contributed by atoms with E-state index in [0.717, 1.165) is 13.1 Å². The Kier molecular flexibility index (Phi) is 3.53. The van der Waals surface area contributed by atoms with Crippen molar-refractivity contribution in [2.75, 3.05) is 11.9 Å². The van der Waals surface area contributed by atoms with Crippen LogP contribution >= 0.6 is 0 Å². The minimum Gasteiger partial charge on any atom is -0.384 e. The second kappa shape index (κ2) is 5.16. The lowest BCUT2D eigenvalue weighted by molar-refractivity contribution is 0.198. The second-order valence-electron chi connectivity index (χ2n) is 6.97. The van der Waals surface area contributed by atoms with Crippen LogP contribution in [0.3, 0.4) is 0 Å². The van der Waals surface area contributed by atoms with Crippen molar-refractivity contribution in [3.05, 3.63) is 29.3 Å². The Balaban J connectivity index is 1.62. The van der Waals surface area contributed by atoms with Crippen LogP contribution in [0.5, 0.6) is 0 Å². The Labute approximate surface area is 117 Å². The number of rotatable bonds is 3. The SMILES string of the molecule is CC1(C)CCCC(NCc2cccc3c2NCC3)C1. The molecule has 0 spiro atoms. The number of para-hydroxylation sites is 1. The molecule has 0 saturated heterocycles. The smallest absolute Gasteiger partial charge is 0.0419 e.